The van der Waals surface area contributed by atoms with Gasteiger partial charge < -0.3 is 4.74 Å². The van der Waals surface area contributed by atoms with E-state index < -0.39 is 0 Å². The van der Waals surface area contributed by atoms with Crippen LogP contribution in [0.4, 0.5) is 0 Å². The van der Waals surface area contributed by atoms with Crippen molar-refractivity contribution in [1.29, 1.82) is 0 Å². The largest absolute Gasteiger partial charge is 0.466 e. The Bertz CT molecular complexity index is 285. The topological polar surface area (TPSA) is 26.3 Å². The minimum absolute atomic E-state index is 0.132. The highest BCUT2D eigenvalue weighted by atomic mass is 16.5. The average molecular weight is 252 g/mol. The first kappa shape index (κ1) is 15.3. The van der Waals surface area contributed by atoms with Crippen LogP contribution < -0.4 is 0 Å². The number of hydrogen-bond acceptors (Lipinski definition) is 2. The quantitative estimate of drug-likeness (QED) is 0.391. The Balaban J connectivity index is 2.75. The second-order valence-electron chi connectivity index (χ2n) is 5.43. The van der Waals surface area contributed by atoms with Gasteiger partial charge in [0.1, 0.15) is 0 Å². The molecule has 0 aromatic heterocycles. The molecule has 0 N–H and O–H groups in total. The average Bonchev–Trinajstić information content (AvgIpc) is 2.43. The van der Waals surface area contributed by atoms with E-state index in [1.807, 2.05) is 6.92 Å². The van der Waals surface area contributed by atoms with Crippen molar-refractivity contribution in [3.05, 3.63) is 11.1 Å². The number of allylic oxidation sites excluding steroid dienone is 1. The van der Waals surface area contributed by atoms with Gasteiger partial charge in [-0.2, -0.15) is 0 Å². The summed E-state index contributed by atoms with van der Waals surface area (Å²) in [5.41, 5.74) is 2.26. The van der Waals surface area contributed by atoms with Crippen molar-refractivity contribution < 1.29 is 9.53 Å². The standard InChI is InChI=1S/C16H28O2/c1-4-5-7-12-15(13(2)16(17)18-3)14-10-8-6-9-11-14/h14H,4-12H2,1-3H3. The zero-order chi connectivity index (χ0) is 13.4. The van der Waals surface area contributed by atoms with Crippen molar-refractivity contribution in [2.24, 2.45) is 5.92 Å². The maximum absolute atomic E-state index is 11.7. The Morgan fingerprint density at radius 2 is 1.83 bits per heavy atom. The van der Waals surface area contributed by atoms with Gasteiger partial charge in [-0.05, 0) is 38.5 Å². The third-order valence-electron chi connectivity index (χ3n) is 4.12. The number of methoxy groups -OCH3 is 1. The van der Waals surface area contributed by atoms with E-state index in [4.69, 9.17) is 4.74 Å². The Morgan fingerprint density at radius 3 is 2.39 bits per heavy atom. The van der Waals surface area contributed by atoms with Crippen LogP contribution in [0.5, 0.6) is 0 Å². The monoisotopic (exact) mass is 252 g/mol. The molecule has 0 spiro atoms. The summed E-state index contributed by atoms with van der Waals surface area (Å²) in [6.45, 7) is 4.17. The van der Waals surface area contributed by atoms with Crippen molar-refractivity contribution >= 4 is 5.97 Å². The predicted molar refractivity (Wildman–Crippen MR) is 75.4 cm³/mol. The number of hydrogen-bond donors (Lipinski definition) is 0. The third-order valence-corrected chi connectivity index (χ3v) is 4.12. The van der Waals surface area contributed by atoms with Crippen molar-refractivity contribution in [2.45, 2.75) is 71.6 Å². The van der Waals surface area contributed by atoms with Crippen molar-refractivity contribution in [3.8, 4) is 0 Å². The first-order chi connectivity index (χ1) is 8.70. The number of ether oxygens (including phenoxy) is 1. The third kappa shape index (κ3) is 4.47. The van der Waals surface area contributed by atoms with Crippen LogP contribution in [0.25, 0.3) is 0 Å². The molecule has 0 radical (unpaired) electrons. The Morgan fingerprint density at radius 1 is 1.17 bits per heavy atom. The van der Waals surface area contributed by atoms with E-state index in [1.165, 1.54) is 64.0 Å². The lowest BCUT2D eigenvalue weighted by atomic mass is 9.80. The van der Waals surface area contributed by atoms with Crippen LogP contribution in [0.2, 0.25) is 0 Å². The highest BCUT2D eigenvalue weighted by Crippen LogP contribution is 2.34. The first-order valence-electron chi connectivity index (χ1n) is 7.48. The van der Waals surface area contributed by atoms with E-state index in [9.17, 15) is 4.79 Å². The molecule has 1 aliphatic carbocycles. The van der Waals surface area contributed by atoms with E-state index in [2.05, 4.69) is 6.92 Å². The molecule has 104 valence electrons. The molecule has 0 aromatic rings. The van der Waals surface area contributed by atoms with Crippen LogP contribution in [0.3, 0.4) is 0 Å². The summed E-state index contributed by atoms with van der Waals surface area (Å²) < 4.78 is 4.89. The summed E-state index contributed by atoms with van der Waals surface area (Å²) in [7, 11) is 1.48. The van der Waals surface area contributed by atoms with Gasteiger partial charge in [0, 0.05) is 5.57 Å². The molecule has 0 unspecified atom stereocenters. The fourth-order valence-corrected chi connectivity index (χ4v) is 3.00. The van der Waals surface area contributed by atoms with Crippen molar-refractivity contribution in [1.82, 2.24) is 0 Å². The summed E-state index contributed by atoms with van der Waals surface area (Å²) in [5.74, 6) is 0.502. The molecule has 2 nitrogen and oxygen atoms in total. The zero-order valence-electron chi connectivity index (χ0n) is 12.3. The molecule has 0 bridgehead atoms. The van der Waals surface area contributed by atoms with E-state index >= 15 is 0 Å². The molecule has 1 saturated carbocycles. The number of carbonyl (C=O) groups excluding carboxylic acids is 1. The fourth-order valence-electron chi connectivity index (χ4n) is 3.00. The highest BCUT2D eigenvalue weighted by molar-refractivity contribution is 5.88. The minimum Gasteiger partial charge on any atom is -0.466 e. The van der Waals surface area contributed by atoms with Gasteiger partial charge in [-0.3, -0.25) is 0 Å². The van der Waals surface area contributed by atoms with Gasteiger partial charge in [-0.25, -0.2) is 4.79 Å². The summed E-state index contributed by atoms with van der Waals surface area (Å²) in [6.07, 6.45) is 11.3. The molecule has 0 heterocycles. The first-order valence-corrected chi connectivity index (χ1v) is 7.48. The maximum Gasteiger partial charge on any atom is 0.333 e. The molecule has 1 aliphatic rings. The van der Waals surface area contributed by atoms with Crippen molar-refractivity contribution in [3.63, 3.8) is 0 Å². The van der Waals surface area contributed by atoms with E-state index in [0.717, 1.165) is 12.0 Å². The molecule has 0 aliphatic heterocycles. The van der Waals surface area contributed by atoms with Gasteiger partial charge in [-0.1, -0.05) is 44.6 Å². The lowest BCUT2D eigenvalue weighted by Gasteiger charge is -2.26. The van der Waals surface area contributed by atoms with Gasteiger partial charge in [0.15, 0.2) is 0 Å². The molecule has 1 rings (SSSR count). The molecular formula is C16H28O2. The second-order valence-corrected chi connectivity index (χ2v) is 5.43. The van der Waals surface area contributed by atoms with Gasteiger partial charge in [0.25, 0.3) is 0 Å². The summed E-state index contributed by atoms with van der Waals surface area (Å²) in [5, 5.41) is 0. The maximum atomic E-state index is 11.7. The number of carbonyl (C=O) groups is 1. The Kier molecular flexibility index (Phi) is 7.07. The lowest BCUT2D eigenvalue weighted by Crippen LogP contribution is -2.15. The smallest absolute Gasteiger partial charge is 0.333 e. The number of rotatable bonds is 6. The van der Waals surface area contributed by atoms with Gasteiger partial charge in [-0.15, -0.1) is 0 Å². The minimum atomic E-state index is -0.132. The second kappa shape index (κ2) is 8.34. The Labute approximate surface area is 112 Å². The molecule has 0 aromatic carbocycles. The van der Waals surface area contributed by atoms with E-state index in [-0.39, 0.29) is 5.97 Å². The molecule has 1 fully saturated rings. The summed E-state index contributed by atoms with van der Waals surface area (Å²) in [6, 6.07) is 0. The molecule has 2 heteroatoms. The van der Waals surface area contributed by atoms with Crippen LogP contribution in [-0.2, 0) is 9.53 Å². The molecule has 0 saturated heterocycles. The van der Waals surface area contributed by atoms with Crippen LogP contribution in [0, 0.1) is 5.92 Å². The van der Waals surface area contributed by atoms with Crippen LogP contribution in [0.1, 0.15) is 71.6 Å². The van der Waals surface area contributed by atoms with Crippen LogP contribution >= 0.6 is 0 Å². The molecule has 0 amide bonds. The summed E-state index contributed by atoms with van der Waals surface area (Å²) in [4.78, 5) is 11.7. The van der Waals surface area contributed by atoms with E-state index in [1.54, 1.807) is 0 Å². The van der Waals surface area contributed by atoms with Gasteiger partial charge in [0.05, 0.1) is 7.11 Å². The number of esters is 1. The molecule has 18 heavy (non-hydrogen) atoms. The van der Waals surface area contributed by atoms with Crippen molar-refractivity contribution in [2.75, 3.05) is 7.11 Å². The zero-order valence-corrected chi connectivity index (χ0v) is 12.3. The normalized spacial score (nSPS) is 18.4. The van der Waals surface area contributed by atoms with Crippen LogP contribution in [-0.4, -0.2) is 13.1 Å². The summed E-state index contributed by atoms with van der Waals surface area (Å²) >= 11 is 0. The van der Waals surface area contributed by atoms with Crippen LogP contribution in [0.15, 0.2) is 11.1 Å². The predicted octanol–water partition coefficient (Wildman–Crippen LogP) is 4.64. The molecule has 0 atom stereocenters. The van der Waals surface area contributed by atoms with Gasteiger partial charge >= 0.3 is 5.97 Å². The SMILES string of the molecule is CCCCCC(=C(C)C(=O)OC)C1CCCCC1. The molecular weight excluding hydrogens is 224 g/mol. The Hall–Kier alpha value is -0.790. The van der Waals surface area contributed by atoms with Gasteiger partial charge in [0.2, 0.25) is 0 Å². The van der Waals surface area contributed by atoms with E-state index in [0.29, 0.717) is 5.92 Å². The lowest BCUT2D eigenvalue weighted by molar-refractivity contribution is -0.136. The fraction of sp³-hybridized carbons (Fsp3) is 0.812. The highest BCUT2D eigenvalue weighted by Gasteiger charge is 2.22. The number of unbranched alkanes of at least 4 members (excludes halogenated alkanes) is 2.